The molecule has 0 aromatic carbocycles. The molecule has 3 rings (SSSR count). The number of carbonyl (C=O) groups excluding carboxylic acids is 1. The van der Waals surface area contributed by atoms with Gasteiger partial charge in [-0.3, -0.25) is 14.7 Å². The van der Waals surface area contributed by atoms with Crippen LogP contribution < -0.4 is 5.32 Å². The van der Waals surface area contributed by atoms with Crippen LogP contribution in [0.25, 0.3) is 0 Å². The van der Waals surface area contributed by atoms with Gasteiger partial charge in [0.2, 0.25) is 5.91 Å². The van der Waals surface area contributed by atoms with Crippen LogP contribution in [0.4, 0.5) is 5.69 Å². The fourth-order valence-corrected chi connectivity index (χ4v) is 2.75. The lowest BCUT2D eigenvalue weighted by Crippen LogP contribution is -2.48. The number of amides is 1. The van der Waals surface area contributed by atoms with Gasteiger partial charge in [0.15, 0.2) is 0 Å². The highest BCUT2D eigenvalue weighted by molar-refractivity contribution is 5.95. The SMILES string of the molecule is CCc1cnccc1NC(=O)C1Cn2c(C)nnc2CN1C. The summed E-state index contributed by atoms with van der Waals surface area (Å²) in [6, 6.07) is 1.61. The van der Waals surface area contributed by atoms with Crippen molar-refractivity contribution < 1.29 is 4.79 Å². The first-order valence-electron chi connectivity index (χ1n) is 7.42. The van der Waals surface area contributed by atoms with Crippen LogP contribution in [0.5, 0.6) is 0 Å². The number of rotatable bonds is 3. The average Bonchev–Trinajstić information content (AvgIpc) is 2.87. The lowest BCUT2D eigenvalue weighted by Gasteiger charge is -2.32. The first kappa shape index (κ1) is 14.6. The number of nitrogens with one attached hydrogen (secondary N) is 1. The maximum atomic E-state index is 12.7. The molecule has 0 fully saturated rings. The summed E-state index contributed by atoms with van der Waals surface area (Å²) in [4.78, 5) is 18.8. The molecule has 0 aliphatic carbocycles. The summed E-state index contributed by atoms with van der Waals surface area (Å²) >= 11 is 0. The molecule has 0 spiro atoms. The number of pyridine rings is 1. The lowest BCUT2D eigenvalue weighted by atomic mass is 10.1. The van der Waals surface area contributed by atoms with Crippen molar-refractivity contribution in [3.05, 3.63) is 35.7 Å². The summed E-state index contributed by atoms with van der Waals surface area (Å²) in [7, 11) is 1.94. The fraction of sp³-hybridized carbons (Fsp3) is 0.467. The van der Waals surface area contributed by atoms with Gasteiger partial charge in [0.25, 0.3) is 0 Å². The molecule has 0 saturated heterocycles. The summed E-state index contributed by atoms with van der Waals surface area (Å²) < 4.78 is 2.01. The van der Waals surface area contributed by atoms with Crippen LogP contribution in [0.3, 0.4) is 0 Å². The zero-order valence-corrected chi connectivity index (χ0v) is 13.1. The van der Waals surface area contributed by atoms with E-state index in [2.05, 4.69) is 20.5 Å². The van der Waals surface area contributed by atoms with Crippen molar-refractivity contribution in [2.75, 3.05) is 12.4 Å². The minimum atomic E-state index is -0.236. The van der Waals surface area contributed by atoms with Crippen LogP contribution in [-0.4, -0.2) is 43.6 Å². The Balaban J connectivity index is 1.79. The average molecular weight is 300 g/mol. The molecule has 1 unspecified atom stereocenters. The highest BCUT2D eigenvalue weighted by Gasteiger charge is 2.31. The number of aromatic nitrogens is 4. The maximum absolute atomic E-state index is 12.7. The Kier molecular flexibility index (Phi) is 3.89. The molecule has 3 heterocycles. The normalized spacial score (nSPS) is 18.0. The summed E-state index contributed by atoms with van der Waals surface area (Å²) in [6.07, 6.45) is 4.32. The molecule has 7 nitrogen and oxygen atoms in total. The molecule has 0 radical (unpaired) electrons. The number of hydrogen-bond donors (Lipinski definition) is 1. The van der Waals surface area contributed by atoms with E-state index in [0.29, 0.717) is 13.1 Å². The highest BCUT2D eigenvalue weighted by atomic mass is 16.2. The number of likely N-dealkylation sites (N-methyl/N-ethyl adjacent to an activating group) is 1. The molecule has 1 amide bonds. The summed E-state index contributed by atoms with van der Waals surface area (Å²) in [5.41, 5.74) is 1.87. The summed E-state index contributed by atoms with van der Waals surface area (Å²) in [6.45, 7) is 5.15. The van der Waals surface area contributed by atoms with E-state index < -0.39 is 0 Å². The second kappa shape index (κ2) is 5.84. The van der Waals surface area contributed by atoms with Crippen molar-refractivity contribution in [1.82, 2.24) is 24.6 Å². The van der Waals surface area contributed by atoms with E-state index in [1.54, 1.807) is 12.4 Å². The van der Waals surface area contributed by atoms with Crippen molar-refractivity contribution in [1.29, 1.82) is 0 Å². The standard InChI is InChI=1S/C15H20N6O/c1-4-11-7-16-6-5-12(11)17-15(22)13-8-21-10(2)18-19-14(21)9-20(13)3/h5-7,13H,4,8-9H2,1-3H3,(H,16,17,22). The number of aryl methyl sites for hydroxylation is 2. The van der Waals surface area contributed by atoms with Gasteiger partial charge >= 0.3 is 0 Å². The Morgan fingerprint density at radius 1 is 1.45 bits per heavy atom. The second-order valence-corrected chi connectivity index (χ2v) is 5.58. The molecule has 1 atom stereocenters. The Morgan fingerprint density at radius 2 is 2.27 bits per heavy atom. The van der Waals surface area contributed by atoms with E-state index in [1.807, 2.05) is 36.4 Å². The molecule has 2 aromatic heterocycles. The van der Waals surface area contributed by atoms with Crippen molar-refractivity contribution >= 4 is 11.6 Å². The lowest BCUT2D eigenvalue weighted by molar-refractivity contribution is -0.122. The monoisotopic (exact) mass is 300 g/mol. The van der Waals surface area contributed by atoms with Gasteiger partial charge in [0.05, 0.1) is 13.1 Å². The summed E-state index contributed by atoms with van der Waals surface area (Å²) in [5.74, 6) is 1.74. The minimum absolute atomic E-state index is 0.0119. The number of carbonyl (C=O) groups is 1. The van der Waals surface area contributed by atoms with E-state index in [9.17, 15) is 4.79 Å². The van der Waals surface area contributed by atoms with Crippen molar-refractivity contribution in [3.8, 4) is 0 Å². The van der Waals surface area contributed by atoms with E-state index in [-0.39, 0.29) is 11.9 Å². The van der Waals surface area contributed by atoms with Crippen LogP contribution in [0.2, 0.25) is 0 Å². The molecular formula is C15H20N6O. The fourth-order valence-electron chi connectivity index (χ4n) is 2.75. The third kappa shape index (κ3) is 2.59. The number of nitrogens with zero attached hydrogens (tertiary/aromatic N) is 5. The maximum Gasteiger partial charge on any atom is 0.243 e. The number of anilines is 1. The zero-order valence-electron chi connectivity index (χ0n) is 13.1. The molecule has 0 bridgehead atoms. The van der Waals surface area contributed by atoms with Gasteiger partial charge < -0.3 is 9.88 Å². The van der Waals surface area contributed by atoms with Crippen LogP contribution in [0, 0.1) is 6.92 Å². The molecule has 7 heteroatoms. The minimum Gasteiger partial charge on any atom is -0.324 e. The molecule has 22 heavy (non-hydrogen) atoms. The van der Waals surface area contributed by atoms with Crippen molar-refractivity contribution in [3.63, 3.8) is 0 Å². The molecule has 2 aromatic rings. The van der Waals surface area contributed by atoms with Crippen LogP contribution in [-0.2, 0) is 24.3 Å². The van der Waals surface area contributed by atoms with Crippen LogP contribution in [0.1, 0.15) is 24.1 Å². The molecule has 1 aliphatic heterocycles. The number of fused-ring (bicyclic) bond motifs is 1. The first-order chi connectivity index (χ1) is 10.6. The van der Waals surface area contributed by atoms with Crippen LogP contribution in [0.15, 0.2) is 18.5 Å². The van der Waals surface area contributed by atoms with Gasteiger partial charge in [-0.05, 0) is 32.0 Å². The Hall–Kier alpha value is -2.28. The molecule has 0 saturated carbocycles. The predicted octanol–water partition coefficient (Wildman–Crippen LogP) is 0.997. The largest absolute Gasteiger partial charge is 0.324 e. The molecule has 116 valence electrons. The zero-order chi connectivity index (χ0) is 15.7. The van der Waals surface area contributed by atoms with Gasteiger partial charge in [-0.25, -0.2) is 0 Å². The van der Waals surface area contributed by atoms with E-state index in [1.165, 1.54) is 0 Å². The Morgan fingerprint density at radius 3 is 3.05 bits per heavy atom. The van der Waals surface area contributed by atoms with Crippen LogP contribution >= 0.6 is 0 Å². The smallest absolute Gasteiger partial charge is 0.243 e. The molecule has 1 N–H and O–H groups in total. The van der Waals surface area contributed by atoms with E-state index in [0.717, 1.165) is 29.3 Å². The Bertz CT molecular complexity index is 695. The van der Waals surface area contributed by atoms with Crippen molar-refractivity contribution in [2.45, 2.75) is 39.4 Å². The van der Waals surface area contributed by atoms with E-state index in [4.69, 9.17) is 0 Å². The van der Waals surface area contributed by atoms with Crippen molar-refractivity contribution in [2.24, 2.45) is 0 Å². The van der Waals surface area contributed by atoms with Gasteiger partial charge in [0, 0.05) is 18.1 Å². The first-order valence-corrected chi connectivity index (χ1v) is 7.42. The van der Waals surface area contributed by atoms with Gasteiger partial charge in [-0.15, -0.1) is 10.2 Å². The highest BCUT2D eigenvalue weighted by Crippen LogP contribution is 2.19. The van der Waals surface area contributed by atoms with Gasteiger partial charge in [0.1, 0.15) is 17.7 Å². The van der Waals surface area contributed by atoms with Gasteiger partial charge in [-0.1, -0.05) is 6.92 Å². The van der Waals surface area contributed by atoms with E-state index >= 15 is 0 Å². The topological polar surface area (TPSA) is 75.9 Å². The third-order valence-electron chi connectivity index (χ3n) is 4.14. The predicted molar refractivity (Wildman–Crippen MR) is 82.3 cm³/mol. The summed E-state index contributed by atoms with van der Waals surface area (Å²) in [5, 5.41) is 11.3. The number of hydrogen-bond acceptors (Lipinski definition) is 5. The molecular weight excluding hydrogens is 280 g/mol. The van der Waals surface area contributed by atoms with Gasteiger partial charge in [-0.2, -0.15) is 0 Å². The second-order valence-electron chi connectivity index (χ2n) is 5.58. The Labute approximate surface area is 129 Å². The third-order valence-corrected chi connectivity index (χ3v) is 4.14. The quantitative estimate of drug-likeness (QED) is 0.915. The molecule has 1 aliphatic rings.